The van der Waals surface area contributed by atoms with Gasteiger partial charge in [0, 0.05) is 18.8 Å². The number of carbonyl (C=O) groups excluding carboxylic acids is 1. The largest absolute Gasteiger partial charge is 0.488 e. The van der Waals surface area contributed by atoms with E-state index in [9.17, 15) is 9.90 Å². The van der Waals surface area contributed by atoms with Crippen LogP contribution in [0.25, 0.3) is 0 Å². The lowest BCUT2D eigenvalue weighted by atomic mass is 10.1. The minimum atomic E-state index is -0.700. The number of ether oxygens (including phenoxy) is 1. The van der Waals surface area contributed by atoms with Gasteiger partial charge in [0.2, 0.25) is 0 Å². The molecule has 4 atom stereocenters. The van der Waals surface area contributed by atoms with Crippen molar-refractivity contribution in [1.29, 1.82) is 0 Å². The molecule has 1 aliphatic carbocycles. The molecule has 2 N–H and O–H groups in total. The Labute approximate surface area is 147 Å². The topological polar surface area (TPSA) is 74.7 Å². The summed E-state index contributed by atoms with van der Waals surface area (Å²) in [4.78, 5) is 18.3. The third-order valence-electron chi connectivity index (χ3n) is 4.50. The molecular weight excluding hydrogens is 318 g/mol. The van der Waals surface area contributed by atoms with Crippen molar-refractivity contribution in [1.82, 2.24) is 15.2 Å². The van der Waals surface area contributed by atoms with E-state index >= 15 is 0 Å². The molecule has 2 aromatic rings. The van der Waals surface area contributed by atoms with Gasteiger partial charge in [-0.15, -0.1) is 0 Å². The number of amides is 1. The predicted octanol–water partition coefficient (Wildman–Crippen LogP) is 1.32. The summed E-state index contributed by atoms with van der Waals surface area (Å²) < 4.78 is 5.95. The number of nitrogens with one attached hydrogen (secondary N) is 1. The van der Waals surface area contributed by atoms with E-state index in [4.69, 9.17) is 4.74 Å². The minimum absolute atomic E-state index is 0.197. The fourth-order valence-corrected chi connectivity index (χ4v) is 3.34. The van der Waals surface area contributed by atoms with E-state index in [2.05, 4.69) is 10.3 Å². The summed E-state index contributed by atoms with van der Waals surface area (Å²) in [5.74, 6) is 0.515. The van der Waals surface area contributed by atoms with E-state index in [0.717, 1.165) is 0 Å². The van der Waals surface area contributed by atoms with E-state index in [-0.39, 0.29) is 24.1 Å². The minimum Gasteiger partial charge on any atom is -0.488 e. The fraction of sp³-hybridized carbons (Fsp3) is 0.368. The highest BCUT2D eigenvalue weighted by molar-refractivity contribution is 5.94. The normalized spacial score (nSPS) is 25.8. The maximum absolute atomic E-state index is 12.4. The first kappa shape index (κ1) is 17.4. The Kier molecular flexibility index (Phi) is 5.31. The highest BCUT2D eigenvalue weighted by Crippen LogP contribution is 2.28. The highest BCUT2D eigenvalue weighted by Gasteiger charge is 2.45. The van der Waals surface area contributed by atoms with Crippen molar-refractivity contribution < 1.29 is 14.6 Å². The number of aromatic nitrogens is 1. The molecule has 1 aromatic heterocycles. The van der Waals surface area contributed by atoms with Crippen LogP contribution in [0.15, 0.2) is 54.9 Å². The Bertz CT molecular complexity index is 694. The smallest absolute Gasteiger partial charge is 0.253 e. The van der Waals surface area contributed by atoms with Gasteiger partial charge in [-0.3, -0.25) is 9.78 Å². The number of likely N-dealkylation sites (N-methyl/N-ethyl adjacent to an activating group) is 1. The van der Waals surface area contributed by atoms with Crippen molar-refractivity contribution in [3.63, 3.8) is 0 Å². The molecule has 1 fully saturated rings. The summed E-state index contributed by atoms with van der Waals surface area (Å²) in [5.41, 5.74) is 0.502. The quantitative estimate of drug-likeness (QED) is 0.858. The number of hydrogen-bond acceptors (Lipinski definition) is 5. The molecule has 6 heteroatoms. The van der Waals surface area contributed by atoms with Crippen LogP contribution in [0.1, 0.15) is 16.8 Å². The maximum atomic E-state index is 12.4. The molecular formula is C19H23N3O3. The Morgan fingerprint density at radius 3 is 2.64 bits per heavy atom. The molecule has 0 unspecified atom stereocenters. The van der Waals surface area contributed by atoms with Crippen LogP contribution in [0, 0.1) is 0 Å². The van der Waals surface area contributed by atoms with Crippen LogP contribution in [0.3, 0.4) is 0 Å². The first-order chi connectivity index (χ1) is 12.1. The molecule has 25 heavy (non-hydrogen) atoms. The number of carbonyl (C=O) groups is 1. The summed E-state index contributed by atoms with van der Waals surface area (Å²) in [7, 11) is 3.78. The molecule has 6 nitrogen and oxygen atoms in total. The zero-order chi connectivity index (χ0) is 17.8. The number of para-hydroxylation sites is 1. The Hall–Kier alpha value is -2.44. The van der Waals surface area contributed by atoms with Crippen molar-refractivity contribution in [3.8, 4) is 5.75 Å². The van der Waals surface area contributed by atoms with Crippen LogP contribution >= 0.6 is 0 Å². The van der Waals surface area contributed by atoms with Gasteiger partial charge in [0.15, 0.2) is 0 Å². The highest BCUT2D eigenvalue weighted by atomic mass is 16.5. The van der Waals surface area contributed by atoms with Crippen molar-refractivity contribution in [2.75, 3.05) is 14.1 Å². The summed E-state index contributed by atoms with van der Waals surface area (Å²) in [6.07, 6.45) is 2.61. The maximum Gasteiger partial charge on any atom is 0.253 e. The molecule has 1 saturated carbocycles. The molecule has 0 bridgehead atoms. The lowest BCUT2D eigenvalue weighted by Gasteiger charge is -2.29. The molecule has 1 aliphatic rings. The van der Waals surface area contributed by atoms with Crippen molar-refractivity contribution in [2.45, 2.75) is 30.7 Å². The van der Waals surface area contributed by atoms with E-state index in [1.54, 1.807) is 18.3 Å². The lowest BCUT2D eigenvalue weighted by molar-refractivity contribution is 0.0210. The number of pyridine rings is 1. The SMILES string of the molecule is CN(C)[C@@H]1[C@@H](O)[C@H](Oc2ccccc2)C[C@H]1NC(=O)c1cccnc1. The van der Waals surface area contributed by atoms with Gasteiger partial charge in [0.1, 0.15) is 18.0 Å². The Morgan fingerprint density at radius 2 is 2.00 bits per heavy atom. The molecule has 1 amide bonds. The summed E-state index contributed by atoms with van der Waals surface area (Å²) >= 11 is 0. The average Bonchev–Trinajstić information content (AvgIpc) is 2.92. The third kappa shape index (κ3) is 3.97. The van der Waals surface area contributed by atoms with Crippen LogP contribution in [-0.2, 0) is 0 Å². The molecule has 132 valence electrons. The van der Waals surface area contributed by atoms with E-state index < -0.39 is 6.10 Å². The number of aliphatic hydroxyl groups is 1. The number of hydrogen-bond donors (Lipinski definition) is 2. The van der Waals surface area contributed by atoms with Gasteiger partial charge < -0.3 is 20.1 Å². The summed E-state index contributed by atoms with van der Waals surface area (Å²) in [6, 6.07) is 12.4. The standard InChI is InChI=1S/C19H23N3O3/c1-22(2)17-15(21-19(24)13-7-6-10-20-12-13)11-16(18(17)23)25-14-8-4-3-5-9-14/h3-10,12,15-18,23H,11H2,1-2H3,(H,21,24)/t15-,16-,17+,18+/m1/s1. The van der Waals surface area contributed by atoms with Crippen LogP contribution in [0.2, 0.25) is 0 Å². The number of rotatable bonds is 5. The average molecular weight is 341 g/mol. The Balaban J connectivity index is 1.72. The van der Waals surface area contributed by atoms with Gasteiger partial charge in [-0.2, -0.15) is 0 Å². The molecule has 0 saturated heterocycles. The molecule has 0 radical (unpaired) electrons. The lowest BCUT2D eigenvalue weighted by Crippen LogP contribution is -2.50. The van der Waals surface area contributed by atoms with E-state index in [1.807, 2.05) is 49.3 Å². The monoisotopic (exact) mass is 341 g/mol. The third-order valence-corrected chi connectivity index (χ3v) is 4.50. The molecule has 0 spiro atoms. The second-order valence-electron chi connectivity index (χ2n) is 6.47. The summed E-state index contributed by atoms with van der Waals surface area (Å²) in [6.45, 7) is 0. The van der Waals surface area contributed by atoms with Crippen LogP contribution in [-0.4, -0.2) is 59.3 Å². The first-order valence-electron chi connectivity index (χ1n) is 8.33. The first-order valence-corrected chi connectivity index (χ1v) is 8.33. The van der Waals surface area contributed by atoms with Gasteiger partial charge in [-0.25, -0.2) is 0 Å². The van der Waals surface area contributed by atoms with Gasteiger partial charge >= 0.3 is 0 Å². The Morgan fingerprint density at radius 1 is 1.24 bits per heavy atom. The number of benzene rings is 1. The molecule has 3 rings (SSSR count). The predicted molar refractivity (Wildman–Crippen MR) is 94.4 cm³/mol. The van der Waals surface area contributed by atoms with Crippen LogP contribution in [0.5, 0.6) is 5.75 Å². The van der Waals surface area contributed by atoms with Crippen LogP contribution < -0.4 is 10.1 Å². The van der Waals surface area contributed by atoms with Crippen molar-refractivity contribution in [3.05, 3.63) is 60.4 Å². The van der Waals surface area contributed by atoms with E-state index in [1.165, 1.54) is 6.20 Å². The van der Waals surface area contributed by atoms with Crippen molar-refractivity contribution in [2.24, 2.45) is 0 Å². The van der Waals surface area contributed by atoms with Gasteiger partial charge in [0.05, 0.1) is 17.6 Å². The molecule has 1 heterocycles. The number of nitrogens with zero attached hydrogens (tertiary/aromatic N) is 2. The zero-order valence-electron chi connectivity index (χ0n) is 14.4. The summed E-state index contributed by atoms with van der Waals surface area (Å²) in [5, 5.41) is 13.7. The molecule has 1 aromatic carbocycles. The van der Waals surface area contributed by atoms with Gasteiger partial charge in [-0.05, 0) is 38.4 Å². The fourth-order valence-electron chi connectivity index (χ4n) is 3.34. The second-order valence-corrected chi connectivity index (χ2v) is 6.47. The van der Waals surface area contributed by atoms with Gasteiger partial charge in [-0.1, -0.05) is 18.2 Å². The van der Waals surface area contributed by atoms with Crippen molar-refractivity contribution >= 4 is 5.91 Å². The zero-order valence-corrected chi connectivity index (χ0v) is 14.4. The molecule has 0 aliphatic heterocycles. The van der Waals surface area contributed by atoms with Crippen LogP contribution in [0.4, 0.5) is 0 Å². The number of aliphatic hydroxyl groups excluding tert-OH is 1. The second kappa shape index (κ2) is 7.63. The van der Waals surface area contributed by atoms with Gasteiger partial charge in [0.25, 0.3) is 5.91 Å². The van der Waals surface area contributed by atoms with E-state index in [0.29, 0.717) is 17.7 Å².